The molecule has 1 amide bonds. The zero-order chi connectivity index (χ0) is 18.8. The lowest BCUT2D eigenvalue weighted by Crippen LogP contribution is -2.34. The number of nitrogens with zero attached hydrogens (tertiary/aromatic N) is 1. The molecule has 1 aliphatic heterocycles. The number of amides is 1. The number of aromatic nitrogens is 1. The van der Waals surface area contributed by atoms with Gasteiger partial charge in [0.1, 0.15) is 24.2 Å². The van der Waals surface area contributed by atoms with Crippen LogP contribution < -0.4 is 19.5 Å². The van der Waals surface area contributed by atoms with Gasteiger partial charge in [-0.15, -0.1) is 0 Å². The molecule has 1 atom stereocenters. The van der Waals surface area contributed by atoms with Gasteiger partial charge in [0.25, 0.3) is 5.91 Å². The van der Waals surface area contributed by atoms with Crippen molar-refractivity contribution in [3.63, 3.8) is 0 Å². The Morgan fingerprint density at radius 2 is 2.04 bits per heavy atom. The first-order valence-corrected chi connectivity index (χ1v) is 8.96. The van der Waals surface area contributed by atoms with Crippen LogP contribution >= 0.6 is 0 Å². The van der Waals surface area contributed by atoms with Gasteiger partial charge in [-0.1, -0.05) is 12.1 Å². The quantitative estimate of drug-likeness (QED) is 0.754. The molecule has 6 nitrogen and oxygen atoms in total. The number of benzene rings is 2. The summed E-state index contributed by atoms with van der Waals surface area (Å²) in [4.78, 5) is 12.6. The smallest absolute Gasteiger partial charge is 0.267 e. The third kappa shape index (κ3) is 3.43. The Labute approximate surface area is 157 Å². The highest BCUT2D eigenvalue weighted by Crippen LogP contribution is 2.31. The minimum atomic E-state index is -0.107. The molecule has 0 saturated heterocycles. The first kappa shape index (κ1) is 17.3. The van der Waals surface area contributed by atoms with Crippen LogP contribution in [0, 0.1) is 0 Å². The zero-order valence-electron chi connectivity index (χ0n) is 15.4. The number of hydrogen-bond acceptors (Lipinski definition) is 4. The highest BCUT2D eigenvalue weighted by molar-refractivity contribution is 5.99. The predicted octanol–water partition coefficient (Wildman–Crippen LogP) is 3.15. The number of carbonyl (C=O) groups excluding carboxylic acids is 1. The van der Waals surface area contributed by atoms with Crippen LogP contribution in [0.4, 0.5) is 0 Å². The van der Waals surface area contributed by atoms with Crippen LogP contribution in [-0.4, -0.2) is 36.8 Å². The van der Waals surface area contributed by atoms with Gasteiger partial charge < -0.3 is 24.1 Å². The maximum atomic E-state index is 12.6. The van der Waals surface area contributed by atoms with Crippen molar-refractivity contribution in [1.29, 1.82) is 0 Å². The van der Waals surface area contributed by atoms with Crippen LogP contribution in [0.3, 0.4) is 0 Å². The summed E-state index contributed by atoms with van der Waals surface area (Å²) in [6, 6.07) is 15.3. The van der Waals surface area contributed by atoms with Crippen LogP contribution in [-0.2, 0) is 7.05 Å². The molecule has 1 aliphatic rings. The van der Waals surface area contributed by atoms with Gasteiger partial charge >= 0.3 is 0 Å². The Bertz CT molecular complexity index is 979. The number of methoxy groups -OCH3 is 1. The molecular weight excluding hydrogens is 344 g/mol. The third-order valence-corrected chi connectivity index (χ3v) is 4.80. The highest BCUT2D eigenvalue weighted by Gasteiger charge is 2.21. The van der Waals surface area contributed by atoms with E-state index in [1.807, 2.05) is 60.1 Å². The maximum absolute atomic E-state index is 12.6. The number of ether oxygens (including phenoxy) is 3. The van der Waals surface area contributed by atoms with E-state index in [1.165, 1.54) is 0 Å². The number of nitrogens with one attached hydrogen (secondary N) is 1. The van der Waals surface area contributed by atoms with Crippen LogP contribution in [0.5, 0.6) is 17.2 Å². The molecule has 0 saturated carbocycles. The van der Waals surface area contributed by atoms with Crippen LogP contribution in [0.2, 0.25) is 0 Å². The fourth-order valence-corrected chi connectivity index (χ4v) is 3.30. The average molecular weight is 366 g/mol. The summed E-state index contributed by atoms with van der Waals surface area (Å²) in [5, 5.41) is 3.98. The minimum Gasteiger partial charge on any atom is -0.497 e. The van der Waals surface area contributed by atoms with Gasteiger partial charge in [0.05, 0.1) is 12.6 Å². The van der Waals surface area contributed by atoms with Crippen LogP contribution in [0.1, 0.15) is 16.9 Å². The molecule has 0 fully saturated rings. The van der Waals surface area contributed by atoms with Gasteiger partial charge in [-0.3, -0.25) is 4.79 Å². The lowest BCUT2D eigenvalue weighted by atomic mass is 10.2. The van der Waals surface area contributed by atoms with E-state index in [1.54, 1.807) is 7.11 Å². The Morgan fingerprint density at radius 1 is 1.22 bits per heavy atom. The number of para-hydroxylation sites is 2. The van der Waals surface area contributed by atoms with Crippen LogP contribution in [0.25, 0.3) is 10.9 Å². The molecule has 0 radical (unpaired) electrons. The van der Waals surface area contributed by atoms with E-state index in [4.69, 9.17) is 14.2 Å². The second kappa shape index (κ2) is 7.23. The molecule has 2 heterocycles. The van der Waals surface area contributed by atoms with Crippen molar-refractivity contribution in [3.8, 4) is 17.2 Å². The van der Waals surface area contributed by atoms with Crippen LogP contribution in [0.15, 0.2) is 48.5 Å². The summed E-state index contributed by atoms with van der Waals surface area (Å²) >= 11 is 0. The monoisotopic (exact) mass is 366 g/mol. The van der Waals surface area contributed by atoms with Crippen molar-refractivity contribution in [2.24, 2.45) is 7.05 Å². The molecular formula is C21H22N2O4. The Morgan fingerprint density at radius 3 is 2.85 bits per heavy atom. The van der Waals surface area contributed by atoms with Gasteiger partial charge in [0, 0.05) is 31.5 Å². The summed E-state index contributed by atoms with van der Waals surface area (Å²) in [7, 11) is 3.51. The third-order valence-electron chi connectivity index (χ3n) is 4.80. The molecule has 2 aromatic carbocycles. The van der Waals surface area contributed by atoms with Gasteiger partial charge in [-0.25, -0.2) is 0 Å². The normalized spacial score (nSPS) is 15.6. The molecule has 6 heteroatoms. The van der Waals surface area contributed by atoms with Crippen molar-refractivity contribution >= 4 is 16.8 Å². The molecule has 27 heavy (non-hydrogen) atoms. The molecule has 4 rings (SSSR count). The van der Waals surface area contributed by atoms with Gasteiger partial charge in [0.2, 0.25) is 0 Å². The van der Waals surface area contributed by atoms with Crippen molar-refractivity contribution in [2.45, 2.75) is 12.5 Å². The second-order valence-corrected chi connectivity index (χ2v) is 6.56. The van der Waals surface area contributed by atoms with Crippen molar-refractivity contribution in [1.82, 2.24) is 9.88 Å². The minimum absolute atomic E-state index is 0.0723. The second-order valence-electron chi connectivity index (χ2n) is 6.56. The largest absolute Gasteiger partial charge is 0.497 e. The standard InChI is InChI=1S/C21H22N2O4/c1-23-17-12-15(25-2)8-7-14(17)11-18(23)21(24)22-10-9-16-13-26-19-5-3-4-6-20(19)27-16/h3-8,11-12,16H,9-10,13H2,1-2H3,(H,22,24). The lowest BCUT2D eigenvalue weighted by molar-refractivity contribution is 0.0810. The number of aryl methyl sites for hydroxylation is 1. The van der Waals surface area contributed by atoms with Crippen molar-refractivity contribution in [3.05, 3.63) is 54.2 Å². The van der Waals surface area contributed by atoms with E-state index in [0.717, 1.165) is 28.2 Å². The summed E-state index contributed by atoms with van der Waals surface area (Å²) in [5.74, 6) is 2.18. The van der Waals surface area contributed by atoms with E-state index in [2.05, 4.69) is 5.32 Å². The Hall–Kier alpha value is -3.15. The van der Waals surface area contributed by atoms with Gasteiger partial charge in [0.15, 0.2) is 11.5 Å². The summed E-state index contributed by atoms with van der Waals surface area (Å²) < 4.78 is 18.8. The van der Waals surface area contributed by atoms with Gasteiger partial charge in [-0.05, 0) is 30.3 Å². The molecule has 140 valence electrons. The molecule has 0 bridgehead atoms. The first-order chi connectivity index (χ1) is 13.2. The number of fused-ring (bicyclic) bond motifs is 2. The zero-order valence-corrected chi connectivity index (χ0v) is 15.4. The predicted molar refractivity (Wildman–Crippen MR) is 103 cm³/mol. The fraction of sp³-hybridized carbons (Fsp3) is 0.286. The Kier molecular flexibility index (Phi) is 4.62. The van der Waals surface area contributed by atoms with E-state index >= 15 is 0 Å². The van der Waals surface area contributed by atoms with Gasteiger partial charge in [-0.2, -0.15) is 0 Å². The molecule has 1 aromatic heterocycles. The molecule has 1 unspecified atom stereocenters. The van der Waals surface area contributed by atoms with E-state index in [-0.39, 0.29) is 12.0 Å². The van der Waals surface area contributed by atoms with E-state index in [0.29, 0.717) is 25.3 Å². The SMILES string of the molecule is COc1ccc2cc(C(=O)NCCC3COc4ccccc4O3)n(C)c2c1. The van der Waals surface area contributed by atoms with Crippen molar-refractivity contribution < 1.29 is 19.0 Å². The number of hydrogen-bond donors (Lipinski definition) is 1. The topological polar surface area (TPSA) is 61.7 Å². The highest BCUT2D eigenvalue weighted by atomic mass is 16.6. The summed E-state index contributed by atoms with van der Waals surface area (Å²) in [5.41, 5.74) is 1.57. The van der Waals surface area contributed by atoms with Crippen molar-refractivity contribution in [2.75, 3.05) is 20.3 Å². The molecule has 3 aromatic rings. The number of rotatable bonds is 5. The maximum Gasteiger partial charge on any atom is 0.267 e. The molecule has 0 spiro atoms. The Balaban J connectivity index is 1.37. The lowest BCUT2D eigenvalue weighted by Gasteiger charge is -2.26. The fourth-order valence-electron chi connectivity index (χ4n) is 3.30. The van der Waals surface area contributed by atoms with E-state index < -0.39 is 0 Å². The molecule has 0 aliphatic carbocycles. The van der Waals surface area contributed by atoms with E-state index in [9.17, 15) is 4.79 Å². The molecule has 1 N–H and O–H groups in total. The summed E-state index contributed by atoms with van der Waals surface area (Å²) in [6.07, 6.45) is 0.606. The summed E-state index contributed by atoms with van der Waals surface area (Å²) in [6.45, 7) is 1.00. The first-order valence-electron chi connectivity index (χ1n) is 8.96. The number of carbonyl (C=O) groups is 1. The average Bonchev–Trinajstić information content (AvgIpc) is 3.04.